The van der Waals surface area contributed by atoms with Gasteiger partial charge in [-0.15, -0.1) is 0 Å². The molecule has 6 aromatic carbocycles. The van der Waals surface area contributed by atoms with Crippen molar-refractivity contribution in [2.24, 2.45) is 0 Å². The van der Waals surface area contributed by atoms with Crippen LogP contribution in [0.2, 0.25) is 0 Å². The number of benzene rings is 6. The second kappa shape index (κ2) is 7.73. The maximum Gasteiger partial charge on any atom is 0.0405 e. The zero-order valence-electron chi connectivity index (χ0n) is 17.5. The van der Waals surface area contributed by atoms with Gasteiger partial charge in [-0.2, -0.15) is 0 Å². The molecule has 0 radical (unpaired) electrons. The van der Waals surface area contributed by atoms with Crippen molar-refractivity contribution in [3.05, 3.63) is 126 Å². The summed E-state index contributed by atoms with van der Waals surface area (Å²) in [7, 11) is 0. The molecule has 0 spiro atoms. The summed E-state index contributed by atoms with van der Waals surface area (Å²) in [5.41, 5.74) is 2.31. The van der Waals surface area contributed by atoms with E-state index < -0.39 is 0 Å². The van der Waals surface area contributed by atoms with Crippen molar-refractivity contribution in [3.8, 4) is 11.8 Å². The van der Waals surface area contributed by atoms with Gasteiger partial charge in [-0.3, -0.25) is 0 Å². The first-order valence-corrected chi connectivity index (χ1v) is 10.9. The molecule has 0 saturated heterocycles. The van der Waals surface area contributed by atoms with E-state index in [0.717, 1.165) is 5.56 Å². The van der Waals surface area contributed by atoms with E-state index in [1.54, 1.807) is 0 Å². The molecule has 0 heterocycles. The molecule has 0 fully saturated rings. The van der Waals surface area contributed by atoms with Crippen LogP contribution in [0.1, 0.15) is 11.1 Å². The first-order chi connectivity index (χ1) is 15.9. The van der Waals surface area contributed by atoms with Crippen LogP contribution in [0.15, 0.2) is 115 Å². The van der Waals surface area contributed by atoms with E-state index in [9.17, 15) is 0 Å². The van der Waals surface area contributed by atoms with Crippen LogP contribution in [-0.4, -0.2) is 0 Å². The highest BCUT2D eigenvalue weighted by molar-refractivity contribution is 6.07. The summed E-state index contributed by atoms with van der Waals surface area (Å²) in [5.74, 6) is 6.79. The second-order valence-electron chi connectivity index (χ2n) is 8.03. The molecule has 0 unspecified atom stereocenters. The molecule has 0 amide bonds. The number of fused-ring (bicyclic) bond motifs is 4. The molecule has 0 aromatic heterocycles. The van der Waals surface area contributed by atoms with Crippen molar-refractivity contribution >= 4 is 49.2 Å². The molecule has 6 rings (SSSR count). The first-order valence-electron chi connectivity index (χ1n) is 10.9. The molecule has 0 aliphatic rings. The molecule has 6 aromatic rings. The fraction of sp³-hybridized carbons (Fsp3) is 0. The fourth-order valence-electron chi connectivity index (χ4n) is 4.62. The van der Waals surface area contributed by atoms with Crippen LogP contribution in [-0.2, 0) is 0 Å². The van der Waals surface area contributed by atoms with E-state index in [1.807, 2.05) is 6.08 Å². The van der Waals surface area contributed by atoms with E-state index in [0.29, 0.717) is 0 Å². The minimum Gasteiger partial charge on any atom is -0.0695 e. The molecule has 0 aliphatic carbocycles. The van der Waals surface area contributed by atoms with Crippen molar-refractivity contribution < 1.29 is 0 Å². The van der Waals surface area contributed by atoms with Gasteiger partial charge < -0.3 is 0 Å². The highest BCUT2D eigenvalue weighted by Gasteiger charge is 2.06. The van der Waals surface area contributed by atoms with Crippen LogP contribution in [0.5, 0.6) is 0 Å². The van der Waals surface area contributed by atoms with Crippen LogP contribution in [0.3, 0.4) is 0 Å². The number of allylic oxidation sites excluding steroid dienone is 1. The monoisotopic (exact) mass is 404 g/mol. The van der Waals surface area contributed by atoms with Gasteiger partial charge in [0.15, 0.2) is 0 Å². The normalized spacial score (nSPS) is 11.4. The van der Waals surface area contributed by atoms with Crippen LogP contribution >= 0.6 is 0 Å². The summed E-state index contributed by atoms with van der Waals surface area (Å²) in [6.07, 6.45) is 4.15. The molecule has 32 heavy (non-hydrogen) atoms. The van der Waals surface area contributed by atoms with Crippen LogP contribution < -0.4 is 0 Å². The summed E-state index contributed by atoms with van der Waals surface area (Å²) >= 11 is 0. The lowest BCUT2D eigenvalue weighted by molar-refractivity contribution is 1.73. The van der Waals surface area contributed by atoms with E-state index in [1.165, 1.54) is 48.7 Å². The molecule has 0 atom stereocenters. The number of hydrogen-bond acceptors (Lipinski definition) is 0. The standard InChI is InChI=1S/C32H20/c1-5-15-27-23(11-1)21-24-12-2-6-16-28(24)31(27)19-9-10-20-32-29-17-7-3-13-25(29)22-26-14-4-8-18-30(26)32/h1-9,11-19,21-22H/b19-9+. The van der Waals surface area contributed by atoms with Gasteiger partial charge in [-0.05, 0) is 72.9 Å². The van der Waals surface area contributed by atoms with E-state index in [-0.39, 0.29) is 0 Å². The highest BCUT2D eigenvalue weighted by Crippen LogP contribution is 2.30. The topological polar surface area (TPSA) is 0 Å². The summed E-state index contributed by atoms with van der Waals surface area (Å²) in [5, 5.41) is 9.84. The predicted octanol–water partition coefficient (Wildman–Crippen LogP) is 8.36. The Kier molecular flexibility index (Phi) is 4.45. The quantitative estimate of drug-likeness (QED) is 0.191. The third kappa shape index (κ3) is 3.13. The van der Waals surface area contributed by atoms with E-state index >= 15 is 0 Å². The lowest BCUT2D eigenvalue weighted by Crippen LogP contribution is -1.84. The Morgan fingerprint density at radius 2 is 0.875 bits per heavy atom. The lowest BCUT2D eigenvalue weighted by atomic mass is 9.96. The molecule has 0 aliphatic heterocycles. The van der Waals surface area contributed by atoms with Gasteiger partial charge in [0.1, 0.15) is 0 Å². The van der Waals surface area contributed by atoms with Gasteiger partial charge >= 0.3 is 0 Å². The van der Waals surface area contributed by atoms with Crippen molar-refractivity contribution in [3.63, 3.8) is 0 Å². The van der Waals surface area contributed by atoms with Crippen molar-refractivity contribution in [1.82, 2.24) is 0 Å². The third-order valence-corrected chi connectivity index (χ3v) is 6.11. The van der Waals surface area contributed by atoms with Crippen LogP contribution in [0.4, 0.5) is 0 Å². The zero-order chi connectivity index (χ0) is 21.3. The average molecular weight is 405 g/mol. The van der Waals surface area contributed by atoms with E-state index in [2.05, 4.69) is 127 Å². The summed E-state index contributed by atoms with van der Waals surface area (Å²) in [4.78, 5) is 0. The summed E-state index contributed by atoms with van der Waals surface area (Å²) in [6.45, 7) is 0. The Morgan fingerprint density at radius 3 is 1.38 bits per heavy atom. The fourth-order valence-corrected chi connectivity index (χ4v) is 4.62. The average Bonchev–Trinajstić information content (AvgIpc) is 2.85. The van der Waals surface area contributed by atoms with Crippen molar-refractivity contribution in [1.29, 1.82) is 0 Å². The Labute approximate surface area is 187 Å². The Bertz CT molecular complexity index is 1610. The molecular formula is C32H20. The van der Waals surface area contributed by atoms with Crippen molar-refractivity contribution in [2.45, 2.75) is 0 Å². The molecule has 0 bridgehead atoms. The Hall–Kier alpha value is -4.34. The molecule has 148 valence electrons. The molecular weight excluding hydrogens is 384 g/mol. The summed E-state index contributed by atoms with van der Waals surface area (Å²) in [6, 6.07) is 38.6. The van der Waals surface area contributed by atoms with Gasteiger partial charge in [0, 0.05) is 5.56 Å². The predicted molar refractivity (Wildman–Crippen MR) is 139 cm³/mol. The van der Waals surface area contributed by atoms with E-state index in [4.69, 9.17) is 0 Å². The first kappa shape index (κ1) is 18.4. The smallest absolute Gasteiger partial charge is 0.0405 e. The molecule has 0 nitrogen and oxygen atoms in total. The van der Waals surface area contributed by atoms with Crippen LogP contribution in [0.25, 0.3) is 49.2 Å². The Balaban J connectivity index is 1.52. The van der Waals surface area contributed by atoms with Gasteiger partial charge in [0.05, 0.1) is 0 Å². The SMILES string of the molecule is C(#Cc1c2ccccc2cc2ccccc12)/C=C/c1c2ccccc2cc2ccccc12. The molecule has 0 N–H and O–H groups in total. The molecule has 0 heteroatoms. The van der Waals surface area contributed by atoms with Gasteiger partial charge in [-0.1, -0.05) is 109 Å². The zero-order valence-corrected chi connectivity index (χ0v) is 17.5. The number of rotatable bonds is 1. The second-order valence-corrected chi connectivity index (χ2v) is 8.03. The minimum absolute atomic E-state index is 1.09. The minimum atomic E-state index is 1.09. The molecule has 0 saturated carbocycles. The van der Waals surface area contributed by atoms with Crippen molar-refractivity contribution in [2.75, 3.05) is 0 Å². The largest absolute Gasteiger partial charge is 0.0695 e. The van der Waals surface area contributed by atoms with Gasteiger partial charge in [0.25, 0.3) is 0 Å². The number of hydrogen-bond donors (Lipinski definition) is 0. The lowest BCUT2D eigenvalue weighted by Gasteiger charge is -2.08. The highest BCUT2D eigenvalue weighted by atomic mass is 14.1. The maximum absolute atomic E-state index is 3.46. The Morgan fingerprint density at radius 1 is 0.469 bits per heavy atom. The summed E-state index contributed by atoms with van der Waals surface area (Å²) < 4.78 is 0. The van der Waals surface area contributed by atoms with Gasteiger partial charge in [-0.25, -0.2) is 0 Å². The third-order valence-electron chi connectivity index (χ3n) is 6.11. The maximum atomic E-state index is 3.46. The van der Waals surface area contributed by atoms with Gasteiger partial charge in [0.2, 0.25) is 0 Å². The van der Waals surface area contributed by atoms with Crippen LogP contribution in [0, 0.1) is 11.8 Å².